The van der Waals surface area contributed by atoms with E-state index in [2.05, 4.69) is 14.7 Å². The predicted molar refractivity (Wildman–Crippen MR) is 140 cm³/mol. The van der Waals surface area contributed by atoms with Crippen LogP contribution in [0.25, 0.3) is 11.0 Å². The lowest BCUT2D eigenvalue weighted by molar-refractivity contribution is -0.118. The maximum absolute atomic E-state index is 13.3. The van der Waals surface area contributed by atoms with Crippen molar-refractivity contribution in [1.82, 2.24) is 19.4 Å². The average Bonchev–Trinajstić information content (AvgIpc) is 3.38. The van der Waals surface area contributed by atoms with E-state index in [-0.39, 0.29) is 22.8 Å². The van der Waals surface area contributed by atoms with Crippen molar-refractivity contribution < 1.29 is 21.6 Å². The van der Waals surface area contributed by atoms with E-state index in [0.717, 1.165) is 5.52 Å². The number of benzene rings is 3. The van der Waals surface area contributed by atoms with E-state index in [1.807, 2.05) is 29.0 Å². The molecule has 1 aliphatic heterocycles. The molecular formula is C24H20Cl2N4O5S2. The Morgan fingerprint density at radius 3 is 2.43 bits per heavy atom. The molecule has 0 bridgehead atoms. The topological polar surface area (TPSA) is 138 Å². The molecule has 1 aliphatic rings. The number of sulfonamides is 2. The van der Waals surface area contributed by atoms with Gasteiger partial charge < -0.3 is 4.98 Å². The molecular weight excluding hydrogens is 559 g/mol. The number of hydrogen-bond acceptors (Lipinski definition) is 6. The van der Waals surface area contributed by atoms with Crippen LogP contribution in [0.2, 0.25) is 10.0 Å². The summed E-state index contributed by atoms with van der Waals surface area (Å²) in [6.45, 7) is 0. The van der Waals surface area contributed by atoms with Crippen LogP contribution in [0.1, 0.15) is 34.7 Å². The molecule has 0 aliphatic carbocycles. The monoisotopic (exact) mass is 578 g/mol. The molecule has 1 amide bonds. The third-order valence-corrected chi connectivity index (χ3v) is 9.90. The lowest BCUT2D eigenvalue weighted by atomic mass is 10.0. The highest BCUT2D eigenvalue weighted by molar-refractivity contribution is 7.90. The number of hydrogen-bond donors (Lipinski definition) is 3. The van der Waals surface area contributed by atoms with Gasteiger partial charge in [0.15, 0.2) is 0 Å². The molecule has 37 heavy (non-hydrogen) atoms. The van der Waals surface area contributed by atoms with Gasteiger partial charge in [-0.1, -0.05) is 59.6 Å². The van der Waals surface area contributed by atoms with Gasteiger partial charge in [0.05, 0.1) is 28.5 Å². The number of H-pyrrole nitrogens is 1. The number of nitrogens with one attached hydrogen (secondary N) is 3. The van der Waals surface area contributed by atoms with Gasteiger partial charge >= 0.3 is 0 Å². The van der Waals surface area contributed by atoms with Crippen molar-refractivity contribution in [2.24, 2.45) is 0 Å². The Labute approximate surface area is 223 Å². The number of amides is 1. The quantitative estimate of drug-likeness (QED) is 0.302. The molecule has 13 heteroatoms. The van der Waals surface area contributed by atoms with E-state index in [4.69, 9.17) is 23.2 Å². The summed E-state index contributed by atoms with van der Waals surface area (Å²) in [7, 11) is -7.85. The second kappa shape index (κ2) is 9.73. The Morgan fingerprint density at radius 2 is 1.78 bits per heavy atom. The average molecular weight is 579 g/mol. The van der Waals surface area contributed by atoms with Crippen LogP contribution in [0.3, 0.4) is 0 Å². The van der Waals surface area contributed by atoms with Gasteiger partial charge in [0.2, 0.25) is 26.0 Å². The number of para-hydroxylation sites is 2. The third-order valence-electron chi connectivity index (χ3n) is 6.01. The number of aromatic amines is 1. The van der Waals surface area contributed by atoms with Crippen molar-refractivity contribution in [1.29, 1.82) is 0 Å². The van der Waals surface area contributed by atoms with Crippen molar-refractivity contribution in [3.8, 4) is 0 Å². The minimum atomic E-state index is -4.08. The Bertz CT molecular complexity index is 1690. The van der Waals surface area contributed by atoms with Gasteiger partial charge in [0, 0.05) is 5.02 Å². The van der Waals surface area contributed by atoms with E-state index in [1.54, 1.807) is 24.3 Å². The smallest absolute Gasteiger partial charge is 0.242 e. The Balaban J connectivity index is 1.47. The van der Waals surface area contributed by atoms with Crippen LogP contribution < -0.4 is 9.44 Å². The summed E-state index contributed by atoms with van der Waals surface area (Å²) in [4.78, 5) is 19.2. The highest BCUT2D eigenvalue weighted by Crippen LogP contribution is 2.31. The highest BCUT2D eigenvalue weighted by Gasteiger charge is 2.37. The van der Waals surface area contributed by atoms with E-state index >= 15 is 0 Å². The largest absolute Gasteiger partial charge is 0.341 e. The van der Waals surface area contributed by atoms with Crippen LogP contribution in [0, 0.1) is 0 Å². The molecule has 2 heterocycles. The number of halogens is 2. The first-order valence-electron chi connectivity index (χ1n) is 11.1. The first-order valence-corrected chi connectivity index (χ1v) is 14.9. The molecule has 0 spiro atoms. The zero-order valence-electron chi connectivity index (χ0n) is 19.0. The predicted octanol–water partition coefficient (Wildman–Crippen LogP) is 4.02. The first kappa shape index (κ1) is 25.7. The van der Waals surface area contributed by atoms with Crippen LogP contribution in [0.15, 0.2) is 71.6 Å². The third kappa shape index (κ3) is 5.36. The van der Waals surface area contributed by atoms with E-state index in [0.29, 0.717) is 27.5 Å². The summed E-state index contributed by atoms with van der Waals surface area (Å²) in [6.07, 6.45) is 0.0457. The molecule has 1 aromatic heterocycles. The van der Waals surface area contributed by atoms with Gasteiger partial charge in [-0.2, -0.15) is 0 Å². The van der Waals surface area contributed by atoms with Crippen LogP contribution in [-0.2, 0) is 31.3 Å². The number of imidazole rings is 1. The fraction of sp³-hybridized carbons (Fsp3) is 0.167. The van der Waals surface area contributed by atoms with Gasteiger partial charge in [-0.15, -0.1) is 0 Å². The molecule has 2 atom stereocenters. The Hall–Kier alpha value is -2.96. The second-order valence-corrected chi connectivity index (χ2v) is 13.0. The van der Waals surface area contributed by atoms with E-state index in [1.165, 1.54) is 18.2 Å². The molecule has 192 valence electrons. The van der Waals surface area contributed by atoms with E-state index < -0.39 is 37.2 Å². The molecule has 4 aromatic rings. The van der Waals surface area contributed by atoms with Gasteiger partial charge in [-0.05, 0) is 47.9 Å². The zero-order valence-corrected chi connectivity index (χ0v) is 22.1. The molecule has 1 fully saturated rings. The van der Waals surface area contributed by atoms with Crippen LogP contribution in [0.4, 0.5) is 0 Å². The molecule has 9 nitrogen and oxygen atoms in total. The summed E-state index contributed by atoms with van der Waals surface area (Å²) in [5.41, 5.74) is 2.60. The minimum absolute atomic E-state index is 0.0198. The molecule has 0 radical (unpaired) electrons. The number of carbonyl (C=O) groups excluding carboxylic acids is 1. The van der Waals surface area contributed by atoms with Gasteiger partial charge in [0.25, 0.3) is 0 Å². The Kier molecular flexibility index (Phi) is 6.75. The SMILES string of the molecule is O=C1CC(c2ccc(C[C@H](NS(=O)(=O)c3ccc(Cl)cc3Cl)c3nc4ccccc4[nH]3)cc2)S(=O)(=O)N1. The van der Waals surface area contributed by atoms with Crippen molar-refractivity contribution in [2.45, 2.75) is 29.0 Å². The molecule has 3 N–H and O–H groups in total. The summed E-state index contributed by atoms with van der Waals surface area (Å²) < 4.78 is 55.7. The van der Waals surface area contributed by atoms with Crippen LogP contribution in [0.5, 0.6) is 0 Å². The summed E-state index contributed by atoms with van der Waals surface area (Å²) in [5, 5.41) is -0.682. The normalized spacial score (nSPS) is 18.1. The summed E-state index contributed by atoms with van der Waals surface area (Å²) in [5.74, 6) is -0.151. The van der Waals surface area contributed by atoms with Gasteiger partial charge in [0.1, 0.15) is 16.0 Å². The zero-order chi connectivity index (χ0) is 26.4. The molecule has 5 rings (SSSR count). The van der Waals surface area contributed by atoms with Gasteiger partial charge in [-0.25, -0.2) is 26.5 Å². The number of nitrogens with zero attached hydrogens (tertiary/aromatic N) is 1. The fourth-order valence-electron chi connectivity index (χ4n) is 4.23. The standard InChI is InChI=1S/C24H20Cl2N4O5S2/c25-16-9-10-21(17(26)12-16)36(32,33)29-20(24-27-18-3-1-2-4-19(18)28-24)11-14-5-7-15(8-6-14)22-13-23(31)30-37(22,34)35/h1-10,12,20,22,29H,11,13H2,(H,27,28)(H,30,31)/t20-,22?/m0/s1. The summed E-state index contributed by atoms with van der Waals surface area (Å²) >= 11 is 12.1. The van der Waals surface area contributed by atoms with Crippen molar-refractivity contribution in [2.75, 3.05) is 0 Å². The van der Waals surface area contributed by atoms with Crippen molar-refractivity contribution in [3.05, 3.63) is 93.7 Å². The maximum atomic E-state index is 13.3. The highest BCUT2D eigenvalue weighted by atomic mass is 35.5. The minimum Gasteiger partial charge on any atom is -0.341 e. The van der Waals surface area contributed by atoms with Gasteiger partial charge in [-0.3, -0.25) is 9.52 Å². The molecule has 1 unspecified atom stereocenters. The number of rotatable bonds is 7. The van der Waals surface area contributed by atoms with Crippen molar-refractivity contribution >= 4 is 60.2 Å². The molecule has 0 saturated carbocycles. The number of fused-ring (bicyclic) bond motifs is 1. The lowest BCUT2D eigenvalue weighted by Gasteiger charge is -2.18. The fourth-order valence-corrected chi connectivity index (χ4v) is 7.63. The van der Waals surface area contributed by atoms with E-state index in [9.17, 15) is 21.6 Å². The number of carbonyl (C=O) groups is 1. The second-order valence-electron chi connectivity index (χ2n) is 8.60. The van der Waals surface area contributed by atoms with Crippen LogP contribution in [-0.4, -0.2) is 32.7 Å². The molecule has 3 aromatic carbocycles. The number of aromatic nitrogens is 2. The van der Waals surface area contributed by atoms with Crippen LogP contribution >= 0.6 is 23.2 Å². The first-order chi connectivity index (χ1) is 17.5. The summed E-state index contributed by atoms with van der Waals surface area (Å²) in [6, 6.07) is 17.3. The molecule has 1 saturated heterocycles. The van der Waals surface area contributed by atoms with Crippen molar-refractivity contribution in [3.63, 3.8) is 0 Å². The maximum Gasteiger partial charge on any atom is 0.242 e. The lowest BCUT2D eigenvalue weighted by Crippen LogP contribution is -2.31. The Morgan fingerprint density at radius 1 is 1.05 bits per heavy atom.